The van der Waals surface area contributed by atoms with Crippen LogP contribution in [-0.4, -0.2) is 41.7 Å². The average molecular weight is 240 g/mol. The van der Waals surface area contributed by atoms with Crippen molar-refractivity contribution in [3.05, 3.63) is 0 Å². The van der Waals surface area contributed by atoms with Gasteiger partial charge in [0.2, 0.25) is 5.91 Å². The van der Waals surface area contributed by atoms with Crippen molar-refractivity contribution in [1.82, 2.24) is 4.90 Å². The monoisotopic (exact) mass is 240 g/mol. The van der Waals surface area contributed by atoms with Crippen LogP contribution >= 0.6 is 0 Å². The minimum absolute atomic E-state index is 0.0783. The highest BCUT2D eigenvalue weighted by Crippen LogP contribution is 2.38. The second-order valence-electron chi connectivity index (χ2n) is 5.64. The van der Waals surface area contributed by atoms with Crippen LogP contribution in [0.2, 0.25) is 0 Å². The summed E-state index contributed by atoms with van der Waals surface area (Å²) in [6.45, 7) is 4.26. The quantitative estimate of drug-likeness (QED) is 0.756. The van der Waals surface area contributed by atoms with Gasteiger partial charge in [-0.2, -0.15) is 0 Å². The average Bonchev–Trinajstić information content (AvgIpc) is 2.88. The number of hydrogen-bond donors (Lipinski definition) is 2. The minimum atomic E-state index is -0.183. The number of aliphatic hydroxyl groups is 1. The minimum Gasteiger partial charge on any atom is -0.393 e. The predicted molar refractivity (Wildman–Crippen MR) is 66.3 cm³/mol. The highest BCUT2D eigenvalue weighted by molar-refractivity contribution is 5.78. The third-order valence-electron chi connectivity index (χ3n) is 4.39. The largest absolute Gasteiger partial charge is 0.393 e. The van der Waals surface area contributed by atoms with Crippen molar-refractivity contribution in [2.45, 2.75) is 38.7 Å². The Morgan fingerprint density at radius 2 is 2.24 bits per heavy atom. The van der Waals surface area contributed by atoms with E-state index in [0.29, 0.717) is 18.4 Å². The van der Waals surface area contributed by atoms with Crippen molar-refractivity contribution in [3.8, 4) is 0 Å². The first-order chi connectivity index (χ1) is 8.13. The van der Waals surface area contributed by atoms with E-state index in [0.717, 1.165) is 38.8 Å². The van der Waals surface area contributed by atoms with E-state index in [1.54, 1.807) is 0 Å². The summed E-state index contributed by atoms with van der Waals surface area (Å²) in [4.78, 5) is 14.1. The molecular formula is C13H24N2O2. The normalized spacial score (nSPS) is 33.8. The Balaban J connectivity index is 1.86. The molecule has 4 heteroatoms. The summed E-state index contributed by atoms with van der Waals surface area (Å²) in [7, 11) is 0. The van der Waals surface area contributed by atoms with E-state index < -0.39 is 0 Å². The van der Waals surface area contributed by atoms with Crippen LogP contribution in [0.4, 0.5) is 0 Å². The van der Waals surface area contributed by atoms with E-state index in [2.05, 4.69) is 0 Å². The topological polar surface area (TPSA) is 66.6 Å². The Morgan fingerprint density at radius 3 is 2.88 bits per heavy atom. The Labute approximate surface area is 103 Å². The maximum absolute atomic E-state index is 12.2. The Kier molecular flexibility index (Phi) is 4.05. The standard InChI is InChI=1S/C13H24N2O2/c1-9(3-2-6-14)13(17)15-7-10-4-5-12(16)11(10)8-15/h9-12,16H,2-8,14H2,1H3. The van der Waals surface area contributed by atoms with Crippen LogP contribution in [-0.2, 0) is 4.79 Å². The lowest BCUT2D eigenvalue weighted by Gasteiger charge is -2.22. The van der Waals surface area contributed by atoms with E-state index in [4.69, 9.17) is 5.73 Å². The molecule has 4 unspecified atom stereocenters. The van der Waals surface area contributed by atoms with Gasteiger partial charge in [0.05, 0.1) is 6.10 Å². The summed E-state index contributed by atoms with van der Waals surface area (Å²) in [5, 5.41) is 9.82. The molecule has 0 aromatic carbocycles. The molecule has 98 valence electrons. The molecule has 1 saturated heterocycles. The first kappa shape index (κ1) is 12.8. The van der Waals surface area contributed by atoms with Gasteiger partial charge in [0.15, 0.2) is 0 Å². The maximum Gasteiger partial charge on any atom is 0.225 e. The molecule has 0 spiro atoms. The SMILES string of the molecule is CC(CCCN)C(=O)N1CC2CCC(O)C2C1. The third-order valence-corrected chi connectivity index (χ3v) is 4.39. The summed E-state index contributed by atoms with van der Waals surface area (Å²) in [6, 6.07) is 0. The molecule has 1 aliphatic heterocycles. The molecule has 3 N–H and O–H groups in total. The molecule has 4 nitrogen and oxygen atoms in total. The van der Waals surface area contributed by atoms with E-state index in [-0.39, 0.29) is 17.9 Å². The molecule has 2 fully saturated rings. The Hall–Kier alpha value is -0.610. The fourth-order valence-electron chi connectivity index (χ4n) is 3.28. The molecule has 1 amide bonds. The van der Waals surface area contributed by atoms with Crippen molar-refractivity contribution in [2.24, 2.45) is 23.5 Å². The number of fused-ring (bicyclic) bond motifs is 1. The number of amides is 1. The maximum atomic E-state index is 12.2. The molecule has 17 heavy (non-hydrogen) atoms. The highest BCUT2D eigenvalue weighted by atomic mass is 16.3. The number of rotatable bonds is 4. The smallest absolute Gasteiger partial charge is 0.225 e. The molecule has 0 bridgehead atoms. The molecule has 0 aromatic rings. The van der Waals surface area contributed by atoms with Gasteiger partial charge in [-0.05, 0) is 38.1 Å². The van der Waals surface area contributed by atoms with Crippen LogP contribution in [0.15, 0.2) is 0 Å². The van der Waals surface area contributed by atoms with Gasteiger partial charge < -0.3 is 15.7 Å². The first-order valence-corrected chi connectivity index (χ1v) is 6.80. The third kappa shape index (κ3) is 2.63. The van der Waals surface area contributed by atoms with Crippen molar-refractivity contribution in [1.29, 1.82) is 0 Å². The van der Waals surface area contributed by atoms with Crippen molar-refractivity contribution in [3.63, 3.8) is 0 Å². The summed E-state index contributed by atoms with van der Waals surface area (Å²) in [5.41, 5.74) is 5.47. The van der Waals surface area contributed by atoms with Gasteiger partial charge in [-0.1, -0.05) is 6.92 Å². The first-order valence-electron chi connectivity index (χ1n) is 6.80. The molecule has 4 atom stereocenters. The van der Waals surface area contributed by atoms with Crippen molar-refractivity contribution < 1.29 is 9.90 Å². The number of nitrogens with two attached hydrogens (primary N) is 1. The zero-order valence-corrected chi connectivity index (χ0v) is 10.6. The second-order valence-corrected chi connectivity index (χ2v) is 5.64. The van der Waals surface area contributed by atoms with Crippen molar-refractivity contribution in [2.75, 3.05) is 19.6 Å². The highest BCUT2D eigenvalue weighted by Gasteiger charge is 2.43. The molecule has 0 aromatic heterocycles. The molecule has 0 radical (unpaired) electrons. The fourth-order valence-corrected chi connectivity index (χ4v) is 3.28. The van der Waals surface area contributed by atoms with Gasteiger partial charge in [-0.25, -0.2) is 0 Å². The molecule has 2 rings (SSSR count). The molecule has 1 aliphatic carbocycles. The summed E-state index contributed by atoms with van der Waals surface area (Å²) >= 11 is 0. The van der Waals surface area contributed by atoms with Crippen LogP contribution in [0.3, 0.4) is 0 Å². The number of nitrogens with zero attached hydrogens (tertiary/aromatic N) is 1. The number of carbonyl (C=O) groups excluding carboxylic acids is 1. The lowest BCUT2D eigenvalue weighted by Crippen LogP contribution is -2.35. The van der Waals surface area contributed by atoms with E-state index >= 15 is 0 Å². The molecular weight excluding hydrogens is 216 g/mol. The van der Waals surface area contributed by atoms with Crippen LogP contribution in [0, 0.1) is 17.8 Å². The lowest BCUT2D eigenvalue weighted by molar-refractivity contribution is -0.134. The Bertz CT molecular complexity index is 283. The van der Waals surface area contributed by atoms with Crippen LogP contribution in [0.1, 0.15) is 32.6 Å². The van der Waals surface area contributed by atoms with E-state index in [9.17, 15) is 9.90 Å². The zero-order chi connectivity index (χ0) is 12.4. The van der Waals surface area contributed by atoms with Gasteiger partial charge in [0, 0.05) is 24.9 Å². The van der Waals surface area contributed by atoms with Crippen LogP contribution < -0.4 is 5.73 Å². The molecule has 1 heterocycles. The van der Waals surface area contributed by atoms with Gasteiger partial charge >= 0.3 is 0 Å². The second kappa shape index (κ2) is 5.36. The van der Waals surface area contributed by atoms with Gasteiger partial charge in [0.25, 0.3) is 0 Å². The predicted octanol–water partition coefficient (Wildman–Crippen LogP) is 0.591. The zero-order valence-electron chi connectivity index (χ0n) is 10.6. The summed E-state index contributed by atoms with van der Waals surface area (Å²) in [6.07, 6.45) is 3.60. The van der Waals surface area contributed by atoms with Crippen molar-refractivity contribution >= 4 is 5.91 Å². The van der Waals surface area contributed by atoms with Gasteiger partial charge in [-0.3, -0.25) is 4.79 Å². The Morgan fingerprint density at radius 1 is 1.47 bits per heavy atom. The number of hydrogen-bond acceptors (Lipinski definition) is 3. The van der Waals surface area contributed by atoms with E-state index in [1.807, 2.05) is 11.8 Å². The summed E-state index contributed by atoms with van der Waals surface area (Å²) < 4.78 is 0. The molecule has 2 aliphatic rings. The van der Waals surface area contributed by atoms with Crippen LogP contribution in [0.25, 0.3) is 0 Å². The van der Waals surface area contributed by atoms with E-state index in [1.165, 1.54) is 0 Å². The number of carbonyl (C=O) groups is 1. The van der Waals surface area contributed by atoms with Gasteiger partial charge in [0.1, 0.15) is 0 Å². The number of likely N-dealkylation sites (tertiary alicyclic amines) is 1. The lowest BCUT2D eigenvalue weighted by atomic mass is 10.00. The molecule has 1 saturated carbocycles. The van der Waals surface area contributed by atoms with Crippen LogP contribution in [0.5, 0.6) is 0 Å². The number of aliphatic hydroxyl groups excluding tert-OH is 1. The van der Waals surface area contributed by atoms with Gasteiger partial charge in [-0.15, -0.1) is 0 Å². The summed E-state index contributed by atoms with van der Waals surface area (Å²) in [5.74, 6) is 1.20. The fraction of sp³-hybridized carbons (Fsp3) is 0.923.